The SMILES string of the molecule is O=c1c2cc(NC(=S)N[C@H]3CCCc4ccccc43)ccc2nc2n1CCCCC2. The quantitative estimate of drug-likeness (QED) is 0.601. The number of aryl methyl sites for hydroxylation is 2. The van der Waals surface area contributed by atoms with E-state index in [0.717, 1.165) is 68.5 Å². The van der Waals surface area contributed by atoms with E-state index in [0.29, 0.717) is 10.5 Å². The molecule has 0 radical (unpaired) electrons. The third kappa shape index (κ3) is 3.72. The number of anilines is 1. The number of nitrogens with zero attached hydrogens (tertiary/aromatic N) is 2. The first-order valence-corrected chi connectivity index (χ1v) is 11.3. The predicted molar refractivity (Wildman–Crippen MR) is 125 cm³/mol. The van der Waals surface area contributed by atoms with Crippen LogP contribution >= 0.6 is 12.2 Å². The lowest BCUT2D eigenvalue weighted by atomic mass is 9.88. The number of rotatable bonds is 2. The smallest absolute Gasteiger partial charge is 0.261 e. The van der Waals surface area contributed by atoms with Crippen LogP contribution in [0, 0.1) is 0 Å². The molecular formula is C24H26N4OS. The zero-order valence-corrected chi connectivity index (χ0v) is 17.8. The predicted octanol–water partition coefficient (Wildman–Crippen LogP) is 4.49. The van der Waals surface area contributed by atoms with Crippen molar-refractivity contribution in [3.8, 4) is 0 Å². The maximum Gasteiger partial charge on any atom is 0.261 e. The molecule has 1 aliphatic carbocycles. The van der Waals surface area contributed by atoms with Gasteiger partial charge in [0.1, 0.15) is 5.82 Å². The second kappa shape index (κ2) is 8.19. The van der Waals surface area contributed by atoms with Gasteiger partial charge in [-0.1, -0.05) is 30.7 Å². The highest BCUT2D eigenvalue weighted by atomic mass is 32.1. The molecule has 30 heavy (non-hydrogen) atoms. The molecule has 5 rings (SSSR count). The fourth-order valence-electron chi connectivity index (χ4n) is 4.73. The monoisotopic (exact) mass is 418 g/mol. The first kappa shape index (κ1) is 19.2. The van der Waals surface area contributed by atoms with Gasteiger partial charge in [-0.25, -0.2) is 4.98 Å². The van der Waals surface area contributed by atoms with Crippen LogP contribution in [0.25, 0.3) is 10.9 Å². The molecule has 1 aromatic heterocycles. The Hall–Kier alpha value is -2.73. The molecule has 2 heterocycles. The van der Waals surface area contributed by atoms with Crippen molar-refractivity contribution in [2.24, 2.45) is 0 Å². The fourth-order valence-corrected chi connectivity index (χ4v) is 4.99. The first-order valence-electron chi connectivity index (χ1n) is 10.9. The second-order valence-corrected chi connectivity index (χ2v) is 8.68. The summed E-state index contributed by atoms with van der Waals surface area (Å²) in [5, 5.41) is 7.97. The summed E-state index contributed by atoms with van der Waals surface area (Å²) >= 11 is 5.60. The van der Waals surface area contributed by atoms with Crippen molar-refractivity contribution in [2.45, 2.75) is 57.5 Å². The Kier molecular flexibility index (Phi) is 5.25. The van der Waals surface area contributed by atoms with Gasteiger partial charge in [0, 0.05) is 18.7 Å². The lowest BCUT2D eigenvalue weighted by molar-refractivity contribution is 0.529. The van der Waals surface area contributed by atoms with Gasteiger partial charge in [-0.2, -0.15) is 0 Å². The molecule has 154 valence electrons. The Morgan fingerprint density at radius 3 is 2.90 bits per heavy atom. The van der Waals surface area contributed by atoms with E-state index in [4.69, 9.17) is 17.2 Å². The van der Waals surface area contributed by atoms with Gasteiger partial charge in [0.15, 0.2) is 5.11 Å². The van der Waals surface area contributed by atoms with Crippen molar-refractivity contribution < 1.29 is 0 Å². The first-order chi connectivity index (χ1) is 14.7. The maximum atomic E-state index is 13.1. The van der Waals surface area contributed by atoms with Gasteiger partial charge in [-0.3, -0.25) is 9.36 Å². The van der Waals surface area contributed by atoms with E-state index in [1.165, 1.54) is 11.1 Å². The van der Waals surface area contributed by atoms with Crippen LogP contribution in [0.5, 0.6) is 0 Å². The lowest BCUT2D eigenvalue weighted by Gasteiger charge is -2.27. The molecule has 0 saturated carbocycles. The summed E-state index contributed by atoms with van der Waals surface area (Å²) in [6.45, 7) is 0.760. The van der Waals surface area contributed by atoms with E-state index in [1.807, 2.05) is 22.8 Å². The minimum absolute atomic E-state index is 0.0561. The number of fused-ring (bicyclic) bond motifs is 3. The summed E-state index contributed by atoms with van der Waals surface area (Å²) < 4.78 is 1.86. The third-order valence-electron chi connectivity index (χ3n) is 6.25. The Morgan fingerprint density at radius 2 is 1.97 bits per heavy atom. The zero-order chi connectivity index (χ0) is 20.5. The molecule has 0 amide bonds. The van der Waals surface area contributed by atoms with E-state index in [2.05, 4.69) is 34.9 Å². The van der Waals surface area contributed by atoms with Crippen LogP contribution in [0.2, 0.25) is 0 Å². The molecule has 2 aliphatic rings. The molecular weight excluding hydrogens is 392 g/mol. The summed E-state index contributed by atoms with van der Waals surface area (Å²) in [6, 6.07) is 14.5. The van der Waals surface area contributed by atoms with Crippen LogP contribution in [0.3, 0.4) is 0 Å². The van der Waals surface area contributed by atoms with Crippen molar-refractivity contribution in [3.05, 3.63) is 69.8 Å². The van der Waals surface area contributed by atoms with Crippen LogP contribution < -0.4 is 16.2 Å². The van der Waals surface area contributed by atoms with Gasteiger partial charge in [0.05, 0.1) is 16.9 Å². The highest BCUT2D eigenvalue weighted by molar-refractivity contribution is 7.80. The number of hydrogen-bond donors (Lipinski definition) is 2. The molecule has 0 fully saturated rings. The van der Waals surface area contributed by atoms with Gasteiger partial charge in [-0.15, -0.1) is 0 Å². The van der Waals surface area contributed by atoms with Crippen molar-refractivity contribution in [2.75, 3.05) is 5.32 Å². The molecule has 1 aliphatic heterocycles. The summed E-state index contributed by atoms with van der Waals surface area (Å²) in [6.07, 6.45) is 7.50. The number of benzene rings is 2. The highest BCUT2D eigenvalue weighted by Crippen LogP contribution is 2.29. The van der Waals surface area contributed by atoms with Crippen LogP contribution in [0.15, 0.2) is 47.3 Å². The molecule has 0 spiro atoms. The normalized spacial score (nSPS) is 18.2. The van der Waals surface area contributed by atoms with E-state index in [1.54, 1.807) is 0 Å². The van der Waals surface area contributed by atoms with Gasteiger partial charge in [-0.05, 0) is 73.6 Å². The number of hydrogen-bond acceptors (Lipinski definition) is 3. The van der Waals surface area contributed by atoms with Gasteiger partial charge >= 0.3 is 0 Å². The van der Waals surface area contributed by atoms with Gasteiger partial charge < -0.3 is 10.6 Å². The van der Waals surface area contributed by atoms with Crippen molar-refractivity contribution in [1.82, 2.24) is 14.9 Å². The standard InChI is InChI=1S/C24H26N4OS/c29-23-19-15-17(12-13-21(19)26-22-11-2-1-5-14-28(22)23)25-24(30)27-20-10-6-8-16-7-3-4-9-18(16)20/h3-4,7,9,12-13,15,20H,1-2,5-6,8,10-11,14H2,(H2,25,27,30)/t20-/m0/s1. The van der Waals surface area contributed by atoms with E-state index < -0.39 is 0 Å². The number of thiocarbonyl (C=S) groups is 1. The van der Waals surface area contributed by atoms with Crippen LogP contribution in [-0.4, -0.2) is 14.7 Å². The fraction of sp³-hybridized carbons (Fsp3) is 0.375. The third-order valence-corrected chi connectivity index (χ3v) is 6.47. The maximum absolute atomic E-state index is 13.1. The molecule has 0 unspecified atom stereocenters. The van der Waals surface area contributed by atoms with E-state index >= 15 is 0 Å². The lowest BCUT2D eigenvalue weighted by Crippen LogP contribution is -2.34. The second-order valence-electron chi connectivity index (χ2n) is 8.27. The van der Waals surface area contributed by atoms with Crippen LogP contribution in [-0.2, 0) is 19.4 Å². The average molecular weight is 419 g/mol. The summed E-state index contributed by atoms with van der Waals surface area (Å²) in [5.41, 5.74) is 4.36. The molecule has 1 atom stereocenters. The average Bonchev–Trinajstić information content (AvgIpc) is 3.00. The largest absolute Gasteiger partial charge is 0.356 e. The molecule has 0 saturated heterocycles. The summed E-state index contributed by atoms with van der Waals surface area (Å²) in [5.74, 6) is 0.916. The Bertz CT molecular complexity index is 1170. The van der Waals surface area contributed by atoms with Crippen molar-refractivity contribution in [1.29, 1.82) is 0 Å². The topological polar surface area (TPSA) is 59.0 Å². The Morgan fingerprint density at radius 1 is 1.07 bits per heavy atom. The molecule has 6 heteroatoms. The van der Waals surface area contributed by atoms with Crippen molar-refractivity contribution >= 4 is 33.9 Å². The Labute approximate surface area is 181 Å². The summed E-state index contributed by atoms with van der Waals surface area (Å²) in [4.78, 5) is 17.8. The van der Waals surface area contributed by atoms with Crippen molar-refractivity contribution in [3.63, 3.8) is 0 Å². The number of nitrogens with one attached hydrogen (secondary N) is 2. The Balaban J connectivity index is 1.37. The van der Waals surface area contributed by atoms with Crippen LogP contribution in [0.1, 0.15) is 55.1 Å². The zero-order valence-electron chi connectivity index (χ0n) is 17.0. The molecule has 2 N–H and O–H groups in total. The molecule has 2 aromatic carbocycles. The summed E-state index contributed by atoms with van der Waals surface area (Å²) in [7, 11) is 0. The highest BCUT2D eigenvalue weighted by Gasteiger charge is 2.20. The minimum atomic E-state index is 0.0561. The van der Waals surface area contributed by atoms with Crippen LogP contribution in [0.4, 0.5) is 5.69 Å². The molecule has 5 nitrogen and oxygen atoms in total. The molecule has 3 aromatic rings. The van der Waals surface area contributed by atoms with E-state index in [-0.39, 0.29) is 11.6 Å². The minimum Gasteiger partial charge on any atom is -0.356 e. The van der Waals surface area contributed by atoms with Gasteiger partial charge in [0.25, 0.3) is 5.56 Å². The van der Waals surface area contributed by atoms with E-state index in [9.17, 15) is 4.79 Å². The number of aromatic nitrogens is 2. The van der Waals surface area contributed by atoms with Gasteiger partial charge in [0.2, 0.25) is 0 Å². The molecule has 0 bridgehead atoms.